The lowest BCUT2D eigenvalue weighted by Crippen LogP contribution is -2.22. The van der Waals surface area contributed by atoms with E-state index in [1.807, 2.05) is 56.4 Å². The number of amides is 1. The van der Waals surface area contributed by atoms with E-state index in [0.29, 0.717) is 17.1 Å². The predicted molar refractivity (Wildman–Crippen MR) is 83.3 cm³/mol. The molecule has 0 spiro atoms. The van der Waals surface area contributed by atoms with E-state index in [9.17, 15) is 4.79 Å². The molecular weight excluding hydrogens is 272 g/mol. The molecule has 1 amide bonds. The van der Waals surface area contributed by atoms with Gasteiger partial charge in [0, 0.05) is 29.9 Å². The number of benzene rings is 2. The van der Waals surface area contributed by atoms with Gasteiger partial charge in [0.2, 0.25) is 0 Å². The summed E-state index contributed by atoms with van der Waals surface area (Å²) in [7, 11) is 1.86. The Bertz CT molecular complexity index is 626. The summed E-state index contributed by atoms with van der Waals surface area (Å²) in [6.07, 6.45) is 0. The maximum atomic E-state index is 12.1. The zero-order chi connectivity index (χ0) is 14.5. The van der Waals surface area contributed by atoms with Crippen LogP contribution in [0.4, 0.5) is 5.69 Å². The Morgan fingerprint density at radius 3 is 2.65 bits per heavy atom. The molecule has 0 aliphatic heterocycles. The molecule has 0 atom stereocenters. The average molecular weight is 289 g/mol. The Kier molecular flexibility index (Phi) is 4.64. The smallest absolute Gasteiger partial charge is 0.251 e. The molecule has 2 N–H and O–H groups in total. The topological polar surface area (TPSA) is 41.1 Å². The number of rotatable bonds is 4. The van der Waals surface area contributed by atoms with Gasteiger partial charge in [-0.05, 0) is 48.4 Å². The molecule has 0 saturated carbocycles. The average Bonchev–Trinajstić information content (AvgIpc) is 2.44. The minimum atomic E-state index is -0.0873. The third-order valence-corrected chi connectivity index (χ3v) is 3.34. The fourth-order valence-corrected chi connectivity index (χ4v) is 2.23. The van der Waals surface area contributed by atoms with E-state index in [4.69, 9.17) is 11.6 Å². The second-order valence-electron chi connectivity index (χ2n) is 4.59. The fourth-order valence-electron chi connectivity index (χ4n) is 2.02. The molecule has 2 aromatic rings. The lowest BCUT2D eigenvalue weighted by Gasteiger charge is -2.09. The first-order valence-corrected chi connectivity index (χ1v) is 6.79. The van der Waals surface area contributed by atoms with E-state index in [1.54, 1.807) is 0 Å². The van der Waals surface area contributed by atoms with Gasteiger partial charge in [-0.15, -0.1) is 0 Å². The Hall–Kier alpha value is -2.00. The molecule has 104 valence electrons. The number of carbonyl (C=O) groups excluding carboxylic acids is 1. The van der Waals surface area contributed by atoms with E-state index in [1.165, 1.54) is 0 Å². The van der Waals surface area contributed by atoms with Gasteiger partial charge in [0.05, 0.1) is 0 Å². The van der Waals surface area contributed by atoms with Gasteiger partial charge in [-0.1, -0.05) is 23.7 Å². The van der Waals surface area contributed by atoms with Crippen LogP contribution in [0.2, 0.25) is 5.02 Å². The van der Waals surface area contributed by atoms with Crippen molar-refractivity contribution in [1.82, 2.24) is 5.32 Å². The van der Waals surface area contributed by atoms with Gasteiger partial charge in [0.15, 0.2) is 0 Å². The SMILES string of the molecule is CNc1ccc(C(=O)NCc2cccc(Cl)c2)cc1C. The molecule has 0 aliphatic rings. The van der Waals surface area contributed by atoms with Crippen molar-refractivity contribution in [3.8, 4) is 0 Å². The summed E-state index contributed by atoms with van der Waals surface area (Å²) in [5.74, 6) is -0.0873. The molecule has 0 unspecified atom stereocenters. The first-order chi connectivity index (χ1) is 9.60. The molecule has 0 aliphatic carbocycles. The van der Waals surface area contributed by atoms with Crippen molar-refractivity contribution < 1.29 is 4.79 Å². The minimum absolute atomic E-state index is 0.0873. The van der Waals surface area contributed by atoms with Crippen LogP contribution >= 0.6 is 11.6 Å². The van der Waals surface area contributed by atoms with Gasteiger partial charge in [-0.2, -0.15) is 0 Å². The summed E-state index contributed by atoms with van der Waals surface area (Å²) in [5, 5.41) is 6.64. The highest BCUT2D eigenvalue weighted by atomic mass is 35.5. The maximum absolute atomic E-state index is 12.1. The molecule has 4 heteroatoms. The van der Waals surface area contributed by atoms with Crippen LogP contribution in [0.5, 0.6) is 0 Å². The summed E-state index contributed by atoms with van der Waals surface area (Å²) in [6.45, 7) is 2.44. The molecule has 3 nitrogen and oxygen atoms in total. The van der Waals surface area contributed by atoms with E-state index >= 15 is 0 Å². The second kappa shape index (κ2) is 6.44. The van der Waals surface area contributed by atoms with Crippen molar-refractivity contribution in [1.29, 1.82) is 0 Å². The van der Waals surface area contributed by atoms with Crippen molar-refractivity contribution in [2.45, 2.75) is 13.5 Å². The van der Waals surface area contributed by atoms with Gasteiger partial charge in [-0.3, -0.25) is 4.79 Å². The van der Waals surface area contributed by atoms with Gasteiger partial charge >= 0.3 is 0 Å². The Morgan fingerprint density at radius 2 is 2.00 bits per heavy atom. The predicted octanol–water partition coefficient (Wildman–Crippen LogP) is 3.62. The third kappa shape index (κ3) is 3.52. The van der Waals surface area contributed by atoms with Crippen LogP contribution in [0.1, 0.15) is 21.5 Å². The zero-order valence-corrected chi connectivity index (χ0v) is 12.3. The van der Waals surface area contributed by atoms with Gasteiger partial charge in [0.25, 0.3) is 5.91 Å². The van der Waals surface area contributed by atoms with E-state index in [-0.39, 0.29) is 5.91 Å². The lowest BCUT2D eigenvalue weighted by molar-refractivity contribution is 0.0951. The van der Waals surface area contributed by atoms with E-state index < -0.39 is 0 Å². The normalized spacial score (nSPS) is 10.2. The van der Waals surface area contributed by atoms with Crippen molar-refractivity contribution in [2.24, 2.45) is 0 Å². The molecule has 20 heavy (non-hydrogen) atoms. The first kappa shape index (κ1) is 14.4. The maximum Gasteiger partial charge on any atom is 0.251 e. The van der Waals surface area contributed by atoms with Gasteiger partial charge in [-0.25, -0.2) is 0 Å². The molecule has 0 fully saturated rings. The molecule has 0 saturated heterocycles. The van der Waals surface area contributed by atoms with Crippen LogP contribution in [-0.4, -0.2) is 13.0 Å². The third-order valence-electron chi connectivity index (χ3n) is 3.10. The minimum Gasteiger partial charge on any atom is -0.388 e. The summed E-state index contributed by atoms with van der Waals surface area (Å²) < 4.78 is 0. The van der Waals surface area contributed by atoms with Crippen LogP contribution in [0.15, 0.2) is 42.5 Å². The molecular formula is C16H17ClN2O. The molecule has 0 aromatic heterocycles. The van der Waals surface area contributed by atoms with Crippen molar-refractivity contribution in [3.63, 3.8) is 0 Å². The highest BCUT2D eigenvalue weighted by Gasteiger charge is 2.07. The largest absolute Gasteiger partial charge is 0.388 e. The van der Waals surface area contributed by atoms with Gasteiger partial charge < -0.3 is 10.6 Å². The number of nitrogens with one attached hydrogen (secondary N) is 2. The monoisotopic (exact) mass is 288 g/mol. The fraction of sp³-hybridized carbons (Fsp3) is 0.188. The zero-order valence-electron chi connectivity index (χ0n) is 11.5. The molecule has 0 bridgehead atoms. The standard InChI is InChI=1S/C16H17ClN2O/c1-11-8-13(6-7-15(11)18-2)16(20)19-10-12-4-3-5-14(17)9-12/h3-9,18H,10H2,1-2H3,(H,19,20). The van der Waals surface area contributed by atoms with Crippen molar-refractivity contribution in [3.05, 3.63) is 64.2 Å². The van der Waals surface area contributed by atoms with Crippen LogP contribution in [0.3, 0.4) is 0 Å². The molecule has 0 radical (unpaired) electrons. The van der Waals surface area contributed by atoms with E-state index in [2.05, 4.69) is 10.6 Å². The Balaban J connectivity index is 2.03. The molecule has 2 aromatic carbocycles. The number of aryl methyl sites for hydroxylation is 1. The number of carbonyl (C=O) groups is 1. The van der Waals surface area contributed by atoms with Crippen LogP contribution < -0.4 is 10.6 Å². The number of hydrogen-bond donors (Lipinski definition) is 2. The summed E-state index contributed by atoms with van der Waals surface area (Å²) in [5.41, 5.74) is 3.71. The summed E-state index contributed by atoms with van der Waals surface area (Å²) >= 11 is 5.91. The van der Waals surface area contributed by atoms with Gasteiger partial charge in [0.1, 0.15) is 0 Å². The Labute approximate surface area is 124 Å². The van der Waals surface area contributed by atoms with E-state index in [0.717, 1.165) is 16.8 Å². The summed E-state index contributed by atoms with van der Waals surface area (Å²) in [4.78, 5) is 12.1. The summed E-state index contributed by atoms with van der Waals surface area (Å²) in [6, 6.07) is 13.1. The molecule has 2 rings (SSSR count). The highest BCUT2D eigenvalue weighted by molar-refractivity contribution is 6.30. The number of halogens is 1. The van der Waals surface area contributed by atoms with Crippen molar-refractivity contribution >= 4 is 23.2 Å². The first-order valence-electron chi connectivity index (χ1n) is 6.41. The number of hydrogen-bond acceptors (Lipinski definition) is 2. The van der Waals surface area contributed by atoms with Crippen LogP contribution in [0, 0.1) is 6.92 Å². The van der Waals surface area contributed by atoms with Crippen LogP contribution in [0.25, 0.3) is 0 Å². The molecule has 0 heterocycles. The lowest BCUT2D eigenvalue weighted by atomic mass is 10.1. The quantitative estimate of drug-likeness (QED) is 0.902. The van der Waals surface area contributed by atoms with Crippen LogP contribution in [-0.2, 0) is 6.54 Å². The Morgan fingerprint density at radius 1 is 1.20 bits per heavy atom. The second-order valence-corrected chi connectivity index (χ2v) is 5.03. The van der Waals surface area contributed by atoms with Crippen molar-refractivity contribution in [2.75, 3.05) is 12.4 Å². The number of anilines is 1. The highest BCUT2D eigenvalue weighted by Crippen LogP contribution is 2.16.